The summed E-state index contributed by atoms with van der Waals surface area (Å²) in [4.78, 5) is 43.6. The normalized spacial score (nSPS) is 30.3. The van der Waals surface area contributed by atoms with E-state index in [1.165, 1.54) is 4.90 Å². The Kier molecular flexibility index (Phi) is 7.69. The van der Waals surface area contributed by atoms with Gasteiger partial charge in [-0.3, -0.25) is 14.4 Å². The lowest BCUT2D eigenvalue weighted by Crippen LogP contribution is -2.60. The Labute approximate surface area is 196 Å². The molecule has 3 aliphatic rings. The number of aliphatic hydroxyl groups is 1. The number of allylic oxidation sites excluding steroid dienone is 1. The summed E-state index contributed by atoms with van der Waals surface area (Å²) < 4.78 is 11.9. The van der Waals surface area contributed by atoms with Gasteiger partial charge in [0.25, 0.3) is 0 Å². The van der Waals surface area contributed by atoms with Crippen LogP contribution in [0.15, 0.2) is 25.3 Å². The summed E-state index contributed by atoms with van der Waals surface area (Å²) in [5.74, 6) is -2.50. The molecule has 0 aromatic rings. The van der Waals surface area contributed by atoms with Crippen LogP contribution in [0.2, 0.25) is 0 Å². The zero-order chi connectivity index (χ0) is 24.4. The number of amides is 2. The third kappa shape index (κ3) is 4.47. The van der Waals surface area contributed by atoms with E-state index in [0.29, 0.717) is 19.4 Å². The van der Waals surface area contributed by atoms with Crippen LogP contribution >= 0.6 is 0 Å². The van der Waals surface area contributed by atoms with Gasteiger partial charge in [-0.05, 0) is 52.9 Å². The van der Waals surface area contributed by atoms with Gasteiger partial charge < -0.3 is 24.4 Å². The molecule has 0 saturated carbocycles. The van der Waals surface area contributed by atoms with Crippen molar-refractivity contribution in [3.8, 4) is 0 Å². The van der Waals surface area contributed by atoms with Crippen molar-refractivity contribution in [1.82, 2.24) is 9.80 Å². The molecule has 0 radical (unpaired) electrons. The predicted molar refractivity (Wildman–Crippen MR) is 123 cm³/mol. The second-order valence-electron chi connectivity index (χ2n) is 10.2. The van der Waals surface area contributed by atoms with Crippen molar-refractivity contribution < 1.29 is 29.0 Å². The fraction of sp³-hybridized carbons (Fsp3) is 0.720. The molecule has 33 heavy (non-hydrogen) atoms. The monoisotopic (exact) mass is 462 g/mol. The van der Waals surface area contributed by atoms with Gasteiger partial charge >= 0.3 is 5.97 Å². The average molecular weight is 463 g/mol. The molecule has 3 heterocycles. The van der Waals surface area contributed by atoms with E-state index in [1.807, 2.05) is 26.8 Å². The number of likely N-dealkylation sites (tertiary alicyclic amines) is 1. The summed E-state index contributed by atoms with van der Waals surface area (Å²) in [5, 5.41) is 9.66. The molecule has 0 aromatic carbocycles. The van der Waals surface area contributed by atoms with Gasteiger partial charge in [-0.2, -0.15) is 0 Å². The number of carbonyl (C=O) groups is 3. The van der Waals surface area contributed by atoms with Crippen LogP contribution in [-0.4, -0.2) is 82.3 Å². The lowest BCUT2D eigenvalue weighted by molar-refractivity contribution is -0.156. The van der Waals surface area contributed by atoms with Crippen LogP contribution in [0.1, 0.15) is 52.9 Å². The molecule has 5 atom stereocenters. The highest BCUT2D eigenvalue weighted by Gasteiger charge is 2.75. The Morgan fingerprint density at radius 3 is 2.64 bits per heavy atom. The summed E-state index contributed by atoms with van der Waals surface area (Å²) in [5.41, 5.74) is -1.58. The van der Waals surface area contributed by atoms with Gasteiger partial charge in [0.1, 0.15) is 11.6 Å². The number of aliphatic hydroxyl groups excluding tert-OH is 1. The molecule has 184 valence electrons. The fourth-order valence-electron chi connectivity index (χ4n) is 5.68. The number of fused-ring (bicyclic) bond motifs is 1. The highest BCUT2D eigenvalue weighted by molar-refractivity contribution is 5.98. The van der Waals surface area contributed by atoms with E-state index >= 15 is 0 Å². The molecule has 8 nitrogen and oxygen atoms in total. The lowest BCUT2D eigenvalue weighted by Gasteiger charge is -2.41. The summed E-state index contributed by atoms with van der Waals surface area (Å²) in [6, 6.07) is -0.892. The van der Waals surface area contributed by atoms with E-state index in [0.717, 1.165) is 19.3 Å². The third-order valence-corrected chi connectivity index (χ3v) is 7.08. The third-order valence-electron chi connectivity index (χ3n) is 7.08. The minimum Gasteiger partial charge on any atom is -0.465 e. The zero-order valence-corrected chi connectivity index (χ0v) is 20.1. The maximum atomic E-state index is 13.9. The van der Waals surface area contributed by atoms with Crippen molar-refractivity contribution in [3.05, 3.63) is 25.3 Å². The molecular formula is C25H38N2O6. The Hall–Kier alpha value is -2.19. The largest absolute Gasteiger partial charge is 0.465 e. The quantitative estimate of drug-likeness (QED) is 0.287. The fourth-order valence-corrected chi connectivity index (χ4v) is 5.68. The van der Waals surface area contributed by atoms with Crippen LogP contribution in [-0.2, 0) is 23.9 Å². The van der Waals surface area contributed by atoms with E-state index in [4.69, 9.17) is 9.47 Å². The molecule has 2 unspecified atom stereocenters. The number of nitrogens with zero attached hydrogens (tertiary/aromatic N) is 2. The Morgan fingerprint density at radius 2 is 2.03 bits per heavy atom. The second-order valence-corrected chi connectivity index (χ2v) is 10.2. The van der Waals surface area contributed by atoms with Crippen molar-refractivity contribution >= 4 is 17.8 Å². The van der Waals surface area contributed by atoms with Gasteiger partial charge in [0.2, 0.25) is 11.8 Å². The van der Waals surface area contributed by atoms with E-state index < -0.39 is 41.1 Å². The van der Waals surface area contributed by atoms with E-state index in [1.54, 1.807) is 11.0 Å². The number of esters is 1. The Morgan fingerprint density at radius 1 is 1.30 bits per heavy atom. The van der Waals surface area contributed by atoms with Gasteiger partial charge in [-0.25, -0.2) is 0 Å². The maximum absolute atomic E-state index is 13.9. The van der Waals surface area contributed by atoms with Crippen molar-refractivity contribution in [1.29, 1.82) is 0 Å². The first-order valence-corrected chi connectivity index (χ1v) is 11.9. The molecule has 1 N–H and O–H groups in total. The number of hydrogen-bond acceptors (Lipinski definition) is 6. The van der Waals surface area contributed by atoms with Crippen LogP contribution in [0.25, 0.3) is 0 Å². The minimum atomic E-state index is -1.08. The molecule has 0 aliphatic carbocycles. The molecule has 2 bridgehead atoms. The van der Waals surface area contributed by atoms with Crippen LogP contribution in [0, 0.1) is 11.8 Å². The number of β-amino-alcohol motifs (C(OH)–C–C–N with tert-alkyl or cyclic N) is 1. The first kappa shape index (κ1) is 25.4. The van der Waals surface area contributed by atoms with Crippen molar-refractivity contribution in [2.24, 2.45) is 11.8 Å². The van der Waals surface area contributed by atoms with Crippen LogP contribution in [0.5, 0.6) is 0 Å². The van der Waals surface area contributed by atoms with E-state index in [9.17, 15) is 19.5 Å². The average Bonchev–Trinajstić information content (AvgIpc) is 3.39. The van der Waals surface area contributed by atoms with Gasteiger partial charge in [0.05, 0.1) is 31.2 Å². The van der Waals surface area contributed by atoms with E-state index in [-0.39, 0.29) is 31.6 Å². The number of unbranched alkanes of at least 4 members (excludes halogenated alkanes) is 2. The molecule has 3 fully saturated rings. The highest BCUT2D eigenvalue weighted by Crippen LogP contribution is 2.58. The van der Waals surface area contributed by atoms with Crippen LogP contribution < -0.4 is 0 Å². The molecule has 3 rings (SSSR count). The Bertz CT molecular complexity index is 790. The number of ether oxygens (including phenoxy) is 2. The Balaban J connectivity index is 1.89. The van der Waals surface area contributed by atoms with Crippen LogP contribution in [0.4, 0.5) is 0 Å². The number of hydrogen-bond donors (Lipinski definition) is 1. The molecule has 3 aliphatic heterocycles. The van der Waals surface area contributed by atoms with Crippen molar-refractivity contribution in [3.63, 3.8) is 0 Å². The predicted octanol–water partition coefficient (Wildman–Crippen LogP) is 2.07. The van der Waals surface area contributed by atoms with Gasteiger partial charge in [-0.1, -0.05) is 12.2 Å². The molecule has 3 saturated heterocycles. The molecule has 0 aromatic heterocycles. The first-order valence-electron chi connectivity index (χ1n) is 11.9. The highest BCUT2D eigenvalue weighted by atomic mass is 16.6. The molecular weight excluding hydrogens is 424 g/mol. The number of carbonyl (C=O) groups excluding carboxylic acids is 3. The molecule has 1 spiro atoms. The van der Waals surface area contributed by atoms with Crippen molar-refractivity contribution in [2.75, 3.05) is 26.3 Å². The van der Waals surface area contributed by atoms with Gasteiger partial charge in [-0.15, -0.1) is 13.2 Å². The lowest BCUT2D eigenvalue weighted by atomic mass is 9.70. The van der Waals surface area contributed by atoms with Crippen molar-refractivity contribution in [2.45, 2.75) is 76.2 Å². The summed E-state index contributed by atoms with van der Waals surface area (Å²) in [6.07, 6.45) is 6.60. The smallest absolute Gasteiger partial charge is 0.312 e. The summed E-state index contributed by atoms with van der Waals surface area (Å²) in [6.45, 7) is 13.6. The standard InChI is InChI=1S/C25H38N2O6/c1-6-8-9-10-16-32-23(31)18-17-11-12-25(33-17)19(18)21(29)26(14-15-28)20(25)22(30)27(13-7-2)24(3,4)5/h6-7,17-20,28H,1-2,8-16H2,3-5H3/t17-,18+,19+,20?,25?/m1/s1. The van der Waals surface area contributed by atoms with Gasteiger partial charge in [0.15, 0.2) is 0 Å². The van der Waals surface area contributed by atoms with E-state index in [2.05, 4.69) is 13.2 Å². The summed E-state index contributed by atoms with van der Waals surface area (Å²) in [7, 11) is 0. The second kappa shape index (κ2) is 9.97. The van der Waals surface area contributed by atoms with Crippen LogP contribution in [0.3, 0.4) is 0 Å². The minimum absolute atomic E-state index is 0.0108. The molecule has 2 amide bonds. The zero-order valence-electron chi connectivity index (χ0n) is 20.1. The molecule has 8 heteroatoms. The first-order chi connectivity index (χ1) is 15.6. The topological polar surface area (TPSA) is 96.4 Å². The maximum Gasteiger partial charge on any atom is 0.312 e. The van der Waals surface area contributed by atoms with Gasteiger partial charge in [0, 0.05) is 18.6 Å². The SMILES string of the molecule is C=CCCCCOC(=O)[C@@H]1[C@H]2C(=O)N(CCO)C(C(=O)N(CC=C)C(C)(C)C)C23CC[C@H]1O3. The number of rotatable bonds is 11. The summed E-state index contributed by atoms with van der Waals surface area (Å²) >= 11 is 0.